The van der Waals surface area contributed by atoms with Crippen molar-refractivity contribution in [3.8, 4) is 0 Å². The number of hydrogen-bond donors (Lipinski definition) is 3. The summed E-state index contributed by atoms with van der Waals surface area (Å²) in [6.07, 6.45) is 0. The molecule has 0 aliphatic carbocycles. The van der Waals surface area contributed by atoms with Gasteiger partial charge in [-0.1, -0.05) is 19.9 Å². The summed E-state index contributed by atoms with van der Waals surface area (Å²) in [7, 11) is 0. The van der Waals surface area contributed by atoms with Crippen molar-refractivity contribution in [1.29, 1.82) is 0 Å². The normalized spacial score (nSPS) is 10.1. The van der Waals surface area contributed by atoms with Crippen LogP contribution in [0.25, 0.3) is 0 Å². The van der Waals surface area contributed by atoms with Crippen molar-refractivity contribution in [3.05, 3.63) is 29.8 Å². The van der Waals surface area contributed by atoms with Gasteiger partial charge in [-0.3, -0.25) is 4.79 Å². The summed E-state index contributed by atoms with van der Waals surface area (Å²) in [5.41, 5.74) is 6.00. The quantitative estimate of drug-likeness (QED) is 0.740. The molecule has 0 heterocycles. The van der Waals surface area contributed by atoms with E-state index in [2.05, 4.69) is 10.6 Å². The first-order valence-electron chi connectivity index (χ1n) is 5.43. The van der Waals surface area contributed by atoms with Gasteiger partial charge in [0, 0.05) is 17.8 Å². The highest BCUT2D eigenvalue weighted by atomic mass is 16.2. The second-order valence-corrected chi connectivity index (χ2v) is 4.17. The van der Waals surface area contributed by atoms with E-state index in [1.165, 1.54) is 0 Å². The Bertz CT molecular complexity index is 416. The zero-order valence-electron chi connectivity index (χ0n) is 9.99. The zero-order valence-corrected chi connectivity index (χ0v) is 9.99. The third kappa shape index (κ3) is 4.55. The van der Waals surface area contributed by atoms with Gasteiger partial charge >= 0.3 is 6.03 Å². The topological polar surface area (TPSA) is 84.2 Å². The maximum absolute atomic E-state index is 11.7. The van der Waals surface area contributed by atoms with Crippen LogP contribution in [0.2, 0.25) is 0 Å². The Morgan fingerprint density at radius 2 is 2.06 bits per heavy atom. The van der Waals surface area contributed by atoms with Gasteiger partial charge < -0.3 is 16.4 Å². The first-order chi connectivity index (χ1) is 7.99. The molecule has 0 atom stereocenters. The first-order valence-corrected chi connectivity index (χ1v) is 5.43. The average molecular weight is 235 g/mol. The molecule has 1 aromatic carbocycles. The number of primary amides is 1. The number of hydrogen-bond acceptors (Lipinski definition) is 2. The highest BCUT2D eigenvalue weighted by molar-refractivity contribution is 5.96. The molecule has 0 radical (unpaired) electrons. The molecule has 0 saturated carbocycles. The second-order valence-electron chi connectivity index (χ2n) is 4.17. The van der Waals surface area contributed by atoms with Gasteiger partial charge in [0.25, 0.3) is 5.91 Å². The summed E-state index contributed by atoms with van der Waals surface area (Å²) in [5, 5.41) is 5.22. The third-order valence-electron chi connectivity index (χ3n) is 2.06. The Morgan fingerprint density at radius 3 is 2.65 bits per heavy atom. The molecule has 0 aliphatic heterocycles. The van der Waals surface area contributed by atoms with Crippen LogP contribution in [0.1, 0.15) is 24.2 Å². The van der Waals surface area contributed by atoms with Crippen LogP contribution in [0.4, 0.5) is 10.5 Å². The molecule has 0 saturated heterocycles. The molecule has 3 amide bonds. The lowest BCUT2D eigenvalue weighted by Crippen LogP contribution is -2.27. The predicted octanol–water partition coefficient (Wildman–Crippen LogP) is 1.56. The molecule has 0 aromatic heterocycles. The lowest BCUT2D eigenvalue weighted by Gasteiger charge is -2.08. The van der Waals surface area contributed by atoms with Crippen LogP contribution in [0.3, 0.4) is 0 Å². The molecule has 1 aromatic rings. The van der Waals surface area contributed by atoms with Crippen LogP contribution in [0.5, 0.6) is 0 Å². The fraction of sp³-hybridized carbons (Fsp3) is 0.333. The Hall–Kier alpha value is -2.04. The number of urea groups is 1. The molecule has 0 fully saturated rings. The van der Waals surface area contributed by atoms with Crippen LogP contribution >= 0.6 is 0 Å². The number of carbonyl (C=O) groups excluding carboxylic acids is 2. The van der Waals surface area contributed by atoms with Gasteiger partial charge in [-0.05, 0) is 24.1 Å². The number of anilines is 1. The molecule has 0 unspecified atom stereocenters. The van der Waals surface area contributed by atoms with E-state index >= 15 is 0 Å². The Labute approximate surface area is 100 Å². The van der Waals surface area contributed by atoms with Crippen molar-refractivity contribution in [2.75, 3.05) is 11.9 Å². The van der Waals surface area contributed by atoms with E-state index < -0.39 is 6.03 Å². The number of nitrogens with two attached hydrogens (primary N) is 1. The van der Waals surface area contributed by atoms with Gasteiger partial charge in [0.05, 0.1) is 0 Å². The lowest BCUT2D eigenvalue weighted by atomic mass is 10.1. The highest BCUT2D eigenvalue weighted by Crippen LogP contribution is 2.10. The summed E-state index contributed by atoms with van der Waals surface area (Å²) in [5.74, 6) is 0.234. The van der Waals surface area contributed by atoms with Crippen LogP contribution in [0, 0.1) is 5.92 Å². The number of nitrogens with one attached hydrogen (secondary N) is 2. The molecule has 1 rings (SSSR count). The van der Waals surface area contributed by atoms with E-state index in [-0.39, 0.29) is 5.91 Å². The average Bonchev–Trinajstić information content (AvgIpc) is 2.25. The smallest absolute Gasteiger partial charge is 0.316 e. The Kier molecular flexibility index (Phi) is 4.51. The minimum Gasteiger partial charge on any atom is -0.352 e. The zero-order chi connectivity index (χ0) is 12.8. The van der Waals surface area contributed by atoms with E-state index in [0.717, 1.165) is 0 Å². The Morgan fingerprint density at radius 1 is 1.35 bits per heavy atom. The summed E-state index contributed by atoms with van der Waals surface area (Å²) in [4.78, 5) is 22.4. The molecule has 4 N–H and O–H groups in total. The minimum absolute atomic E-state index is 0.160. The first kappa shape index (κ1) is 13.0. The van der Waals surface area contributed by atoms with E-state index in [9.17, 15) is 9.59 Å². The number of benzene rings is 1. The summed E-state index contributed by atoms with van der Waals surface area (Å²) in [6, 6.07) is 5.98. The molecule has 0 spiro atoms. The van der Waals surface area contributed by atoms with Crippen molar-refractivity contribution in [2.45, 2.75) is 13.8 Å². The summed E-state index contributed by atoms with van der Waals surface area (Å²) >= 11 is 0. The number of carbonyl (C=O) groups is 2. The van der Waals surface area contributed by atoms with Gasteiger partial charge in [0.1, 0.15) is 0 Å². The minimum atomic E-state index is -0.648. The third-order valence-corrected chi connectivity index (χ3v) is 2.06. The van der Waals surface area contributed by atoms with Crippen LogP contribution in [-0.4, -0.2) is 18.5 Å². The fourth-order valence-corrected chi connectivity index (χ4v) is 1.28. The van der Waals surface area contributed by atoms with E-state index in [4.69, 9.17) is 5.73 Å². The van der Waals surface area contributed by atoms with E-state index in [1.54, 1.807) is 24.3 Å². The lowest BCUT2D eigenvalue weighted by molar-refractivity contribution is 0.0949. The molecule has 0 bridgehead atoms. The second kappa shape index (κ2) is 5.89. The Balaban J connectivity index is 2.70. The number of rotatable bonds is 4. The van der Waals surface area contributed by atoms with Gasteiger partial charge in [0.15, 0.2) is 0 Å². The van der Waals surface area contributed by atoms with Gasteiger partial charge in [-0.2, -0.15) is 0 Å². The highest BCUT2D eigenvalue weighted by Gasteiger charge is 2.06. The molecule has 5 nitrogen and oxygen atoms in total. The van der Waals surface area contributed by atoms with E-state index in [0.29, 0.717) is 23.7 Å². The van der Waals surface area contributed by atoms with Gasteiger partial charge in [-0.15, -0.1) is 0 Å². The maximum atomic E-state index is 11.7. The van der Waals surface area contributed by atoms with E-state index in [1.807, 2.05) is 13.8 Å². The van der Waals surface area contributed by atoms with Gasteiger partial charge in [-0.25, -0.2) is 4.79 Å². The van der Waals surface area contributed by atoms with Crippen molar-refractivity contribution >= 4 is 17.6 Å². The van der Waals surface area contributed by atoms with Crippen molar-refractivity contribution in [3.63, 3.8) is 0 Å². The SMILES string of the molecule is CC(C)CNC(=O)c1cccc(NC(N)=O)c1. The van der Waals surface area contributed by atoms with Crippen LogP contribution in [0.15, 0.2) is 24.3 Å². The fourth-order valence-electron chi connectivity index (χ4n) is 1.28. The monoisotopic (exact) mass is 235 g/mol. The van der Waals surface area contributed by atoms with Crippen molar-refractivity contribution < 1.29 is 9.59 Å². The summed E-state index contributed by atoms with van der Waals surface area (Å²) in [6.45, 7) is 4.66. The van der Waals surface area contributed by atoms with Crippen molar-refractivity contribution in [1.82, 2.24) is 5.32 Å². The molecule has 17 heavy (non-hydrogen) atoms. The molecule has 0 aliphatic rings. The molecular formula is C12H17N3O2. The maximum Gasteiger partial charge on any atom is 0.316 e. The van der Waals surface area contributed by atoms with Crippen molar-refractivity contribution in [2.24, 2.45) is 11.7 Å². The largest absolute Gasteiger partial charge is 0.352 e. The van der Waals surface area contributed by atoms with Crippen LogP contribution < -0.4 is 16.4 Å². The molecule has 5 heteroatoms. The number of amides is 3. The predicted molar refractivity (Wildman–Crippen MR) is 66.8 cm³/mol. The molecule has 92 valence electrons. The van der Waals surface area contributed by atoms with Gasteiger partial charge in [0.2, 0.25) is 0 Å². The molecular weight excluding hydrogens is 218 g/mol. The standard InChI is InChI=1S/C12H17N3O2/c1-8(2)7-14-11(16)9-4-3-5-10(6-9)15-12(13)17/h3-6,8H,7H2,1-2H3,(H,14,16)(H3,13,15,17). The summed E-state index contributed by atoms with van der Waals surface area (Å²) < 4.78 is 0. The van der Waals surface area contributed by atoms with Crippen LogP contribution in [-0.2, 0) is 0 Å².